The number of hydrogen-bond donors (Lipinski definition) is 1. The first kappa shape index (κ1) is 19.4. The standard InChI is InChI=1S/C9H16FNO2.C4H8FN.ClH/c1-9(2,3)13-8(12)11-5-4-7(10)6-11;5-4-1-2-6-3-4;/h7H,4-6H2,1-3H3;4,6H,1-3H2;1H. The van der Waals surface area contributed by atoms with Crippen LogP contribution in [0.15, 0.2) is 0 Å². The average Bonchev–Trinajstić information content (AvgIpc) is 2.88. The largest absolute Gasteiger partial charge is 0.444 e. The molecule has 2 unspecified atom stereocenters. The van der Waals surface area contributed by atoms with Crippen molar-refractivity contribution in [1.29, 1.82) is 0 Å². The molecular weight excluding hydrogens is 290 g/mol. The molecule has 20 heavy (non-hydrogen) atoms. The summed E-state index contributed by atoms with van der Waals surface area (Å²) in [6.45, 7) is 7.47. The van der Waals surface area contributed by atoms with Crippen molar-refractivity contribution in [2.24, 2.45) is 0 Å². The van der Waals surface area contributed by atoms with Gasteiger partial charge in [0, 0.05) is 13.1 Å². The van der Waals surface area contributed by atoms with Gasteiger partial charge in [0.25, 0.3) is 0 Å². The van der Waals surface area contributed by atoms with Gasteiger partial charge in [-0.15, -0.1) is 12.4 Å². The van der Waals surface area contributed by atoms with Gasteiger partial charge in [-0.3, -0.25) is 0 Å². The van der Waals surface area contributed by atoms with E-state index in [1.807, 2.05) is 0 Å². The maximum Gasteiger partial charge on any atom is 0.410 e. The number of ether oxygens (including phenoxy) is 1. The maximum absolute atomic E-state index is 12.7. The van der Waals surface area contributed by atoms with Gasteiger partial charge in [0.2, 0.25) is 0 Å². The number of nitrogens with zero attached hydrogens (tertiary/aromatic N) is 1. The molecule has 2 aliphatic heterocycles. The molecule has 0 aliphatic carbocycles. The minimum atomic E-state index is -0.882. The number of nitrogens with one attached hydrogen (secondary N) is 1. The highest BCUT2D eigenvalue weighted by Crippen LogP contribution is 2.16. The van der Waals surface area contributed by atoms with Crippen LogP contribution in [0.25, 0.3) is 0 Å². The van der Waals surface area contributed by atoms with Gasteiger partial charge in [-0.05, 0) is 40.2 Å². The first-order valence-corrected chi connectivity index (χ1v) is 6.74. The van der Waals surface area contributed by atoms with Crippen LogP contribution in [0, 0.1) is 0 Å². The molecule has 0 radical (unpaired) electrons. The van der Waals surface area contributed by atoms with Crippen molar-refractivity contribution in [2.45, 2.75) is 51.6 Å². The lowest BCUT2D eigenvalue weighted by Gasteiger charge is -2.23. The summed E-state index contributed by atoms with van der Waals surface area (Å²) in [6, 6.07) is 0. The highest BCUT2D eigenvalue weighted by molar-refractivity contribution is 5.85. The molecule has 0 spiro atoms. The summed E-state index contributed by atoms with van der Waals surface area (Å²) in [5, 5.41) is 2.90. The SMILES string of the molecule is CC(C)(C)OC(=O)N1CCC(F)C1.Cl.FC1CCNC1. The zero-order valence-corrected chi connectivity index (χ0v) is 13.1. The third-order valence-electron chi connectivity index (χ3n) is 2.78. The Morgan fingerprint density at radius 1 is 1.25 bits per heavy atom. The monoisotopic (exact) mass is 314 g/mol. The molecule has 7 heteroatoms. The Labute approximate surface area is 125 Å². The number of hydrogen-bond acceptors (Lipinski definition) is 3. The number of halogens is 3. The van der Waals surface area contributed by atoms with Gasteiger partial charge in [0.1, 0.15) is 17.9 Å². The third-order valence-corrected chi connectivity index (χ3v) is 2.78. The van der Waals surface area contributed by atoms with Crippen LogP contribution in [0.5, 0.6) is 0 Å². The van der Waals surface area contributed by atoms with Gasteiger partial charge in [-0.1, -0.05) is 0 Å². The fourth-order valence-corrected chi connectivity index (χ4v) is 1.83. The quantitative estimate of drug-likeness (QED) is 0.747. The number of amides is 1. The van der Waals surface area contributed by atoms with Crippen molar-refractivity contribution in [2.75, 3.05) is 26.2 Å². The Balaban J connectivity index is 0.000000434. The Hall–Kier alpha value is -0.620. The van der Waals surface area contributed by atoms with E-state index in [0.29, 0.717) is 25.9 Å². The molecule has 2 fully saturated rings. The third kappa shape index (κ3) is 7.85. The van der Waals surface area contributed by atoms with Gasteiger partial charge in [0.15, 0.2) is 0 Å². The normalized spacial score (nSPS) is 25.6. The molecule has 2 aliphatic rings. The summed E-state index contributed by atoms with van der Waals surface area (Å²) >= 11 is 0. The molecule has 2 saturated heterocycles. The number of rotatable bonds is 0. The van der Waals surface area contributed by atoms with E-state index in [-0.39, 0.29) is 19.0 Å². The number of carbonyl (C=O) groups excluding carboxylic acids is 1. The fourth-order valence-electron chi connectivity index (χ4n) is 1.83. The number of alkyl halides is 2. The van der Waals surface area contributed by atoms with Gasteiger partial charge >= 0.3 is 6.09 Å². The summed E-state index contributed by atoms with van der Waals surface area (Å²) in [4.78, 5) is 12.8. The number of carbonyl (C=O) groups is 1. The minimum absolute atomic E-state index is 0. The van der Waals surface area contributed by atoms with Crippen LogP contribution in [0.1, 0.15) is 33.6 Å². The fraction of sp³-hybridized carbons (Fsp3) is 0.923. The summed E-state index contributed by atoms with van der Waals surface area (Å²) in [5.41, 5.74) is -0.495. The summed E-state index contributed by atoms with van der Waals surface area (Å²) in [5.74, 6) is 0. The van der Waals surface area contributed by atoms with Crippen LogP contribution >= 0.6 is 12.4 Å². The van der Waals surface area contributed by atoms with Crippen molar-refractivity contribution in [3.8, 4) is 0 Å². The topological polar surface area (TPSA) is 41.6 Å². The molecular formula is C13H25ClF2N2O2. The first-order valence-electron chi connectivity index (χ1n) is 6.74. The molecule has 0 aromatic rings. The Morgan fingerprint density at radius 3 is 2.20 bits per heavy atom. The van der Waals surface area contributed by atoms with Gasteiger partial charge < -0.3 is 15.0 Å². The Bertz CT molecular complexity index is 295. The molecule has 1 amide bonds. The molecule has 4 nitrogen and oxygen atoms in total. The predicted molar refractivity (Wildman–Crippen MR) is 77.0 cm³/mol. The van der Waals surface area contributed by atoms with Crippen LogP contribution in [0.4, 0.5) is 13.6 Å². The molecule has 2 atom stereocenters. The zero-order valence-electron chi connectivity index (χ0n) is 12.3. The van der Waals surface area contributed by atoms with Crippen molar-refractivity contribution in [3.63, 3.8) is 0 Å². The minimum Gasteiger partial charge on any atom is -0.444 e. The van der Waals surface area contributed by atoms with E-state index in [9.17, 15) is 13.6 Å². The molecule has 2 rings (SSSR count). The first-order chi connectivity index (χ1) is 8.78. The lowest BCUT2D eigenvalue weighted by Crippen LogP contribution is -2.35. The molecule has 2 heterocycles. The molecule has 120 valence electrons. The maximum atomic E-state index is 12.7. The number of likely N-dealkylation sites (tertiary alicyclic amines) is 1. The zero-order chi connectivity index (χ0) is 14.5. The molecule has 0 saturated carbocycles. The average molecular weight is 315 g/mol. The van der Waals surface area contributed by atoms with Gasteiger partial charge in [-0.2, -0.15) is 0 Å². The van der Waals surface area contributed by atoms with E-state index >= 15 is 0 Å². The Kier molecular flexibility index (Phi) is 8.35. The van der Waals surface area contributed by atoms with Gasteiger partial charge in [0.05, 0.1) is 6.54 Å². The van der Waals surface area contributed by atoms with Crippen LogP contribution in [-0.2, 0) is 4.74 Å². The van der Waals surface area contributed by atoms with Crippen LogP contribution in [0.3, 0.4) is 0 Å². The van der Waals surface area contributed by atoms with Crippen LogP contribution in [0.2, 0.25) is 0 Å². The van der Waals surface area contributed by atoms with E-state index in [1.54, 1.807) is 20.8 Å². The van der Waals surface area contributed by atoms with Crippen LogP contribution < -0.4 is 5.32 Å². The van der Waals surface area contributed by atoms with E-state index < -0.39 is 24.0 Å². The molecule has 0 aromatic carbocycles. The summed E-state index contributed by atoms with van der Waals surface area (Å²) in [7, 11) is 0. The van der Waals surface area contributed by atoms with Crippen molar-refractivity contribution < 1.29 is 18.3 Å². The molecule has 0 aromatic heterocycles. The van der Waals surface area contributed by atoms with E-state index in [0.717, 1.165) is 6.54 Å². The second kappa shape index (κ2) is 8.62. The van der Waals surface area contributed by atoms with Crippen molar-refractivity contribution in [1.82, 2.24) is 10.2 Å². The molecule has 1 N–H and O–H groups in total. The predicted octanol–water partition coefficient (Wildman–Crippen LogP) is 2.70. The lowest BCUT2D eigenvalue weighted by molar-refractivity contribution is 0.0284. The smallest absolute Gasteiger partial charge is 0.410 e. The highest BCUT2D eigenvalue weighted by Gasteiger charge is 2.29. The van der Waals surface area contributed by atoms with E-state index in [1.165, 1.54) is 4.90 Å². The Morgan fingerprint density at radius 2 is 1.90 bits per heavy atom. The van der Waals surface area contributed by atoms with E-state index in [2.05, 4.69) is 5.32 Å². The van der Waals surface area contributed by atoms with Crippen molar-refractivity contribution in [3.05, 3.63) is 0 Å². The van der Waals surface area contributed by atoms with Crippen LogP contribution in [-0.4, -0.2) is 55.1 Å². The summed E-state index contributed by atoms with van der Waals surface area (Å²) in [6.07, 6.45) is -0.718. The summed E-state index contributed by atoms with van der Waals surface area (Å²) < 4.78 is 29.7. The van der Waals surface area contributed by atoms with E-state index in [4.69, 9.17) is 4.74 Å². The lowest BCUT2D eigenvalue weighted by atomic mass is 10.2. The highest BCUT2D eigenvalue weighted by atomic mass is 35.5. The molecule has 0 bridgehead atoms. The van der Waals surface area contributed by atoms with Crippen molar-refractivity contribution >= 4 is 18.5 Å². The second-order valence-corrected chi connectivity index (χ2v) is 5.90. The second-order valence-electron chi connectivity index (χ2n) is 5.90. The van der Waals surface area contributed by atoms with Gasteiger partial charge in [-0.25, -0.2) is 13.6 Å².